The van der Waals surface area contributed by atoms with Crippen LogP contribution in [-0.4, -0.2) is 126 Å². The predicted molar refractivity (Wildman–Crippen MR) is 363 cm³/mol. The second-order valence-electron chi connectivity index (χ2n) is 26.4. The third-order valence-electron chi connectivity index (χ3n) is 20.6. The van der Waals surface area contributed by atoms with Crippen molar-refractivity contribution in [3.05, 3.63) is 179 Å². The SMILES string of the molecule is CC[C@H](NC)C(=O)C[C@@H]1C(=O)N2[C@@H](CC[C@@H]1CNCc1ccccc1)CC[C@H]2C(=O)NC(C(=O)CCCCCCCCC(=O)NC[C@H]1CC[C@H]2CC[C@@H](C(=O)CC(c3ccccc3)c3ccccc3)N2C(=O)[C@H]1NC(=O)[C@H](CC)NC)(c1ccccc1)c1ccccc1. The zero-order chi connectivity index (χ0) is 65.7. The van der Waals surface area contributed by atoms with Crippen LogP contribution in [-0.2, 0) is 50.4 Å². The van der Waals surface area contributed by atoms with Crippen LogP contribution in [0.4, 0.5) is 0 Å². The van der Waals surface area contributed by atoms with Crippen molar-refractivity contribution < 1.29 is 38.4 Å². The molecule has 0 bridgehead atoms. The summed E-state index contributed by atoms with van der Waals surface area (Å²) in [7, 11) is 3.49. The summed E-state index contributed by atoms with van der Waals surface area (Å²) in [6.45, 7) is 5.26. The monoisotopic (exact) mass is 1260 g/mol. The number of carbonyl (C=O) groups excluding carboxylic acids is 8. The second kappa shape index (κ2) is 34.5. The number of nitrogens with zero attached hydrogens (tertiary/aromatic N) is 2. The molecule has 5 aromatic carbocycles. The lowest BCUT2D eigenvalue weighted by Gasteiger charge is -2.38. The van der Waals surface area contributed by atoms with Gasteiger partial charge in [-0.05, 0) is 131 Å². The van der Waals surface area contributed by atoms with E-state index < -0.39 is 35.6 Å². The first-order valence-electron chi connectivity index (χ1n) is 34.7. The quantitative estimate of drug-likeness (QED) is 0.0213. The molecule has 4 aliphatic rings. The minimum atomic E-state index is -1.55. The van der Waals surface area contributed by atoms with Gasteiger partial charge < -0.3 is 41.7 Å². The van der Waals surface area contributed by atoms with Crippen LogP contribution in [0.3, 0.4) is 0 Å². The summed E-state index contributed by atoms with van der Waals surface area (Å²) in [4.78, 5) is 120. The maximum atomic E-state index is 15.3. The van der Waals surface area contributed by atoms with Crippen LogP contribution in [0.25, 0.3) is 0 Å². The van der Waals surface area contributed by atoms with Gasteiger partial charge in [0.15, 0.2) is 17.3 Å². The molecule has 5 amide bonds. The molecule has 0 aromatic heterocycles. The summed E-state index contributed by atoms with van der Waals surface area (Å²) in [6.07, 6.45) is 11.4. The first-order valence-corrected chi connectivity index (χ1v) is 34.7. The first kappa shape index (κ1) is 69.7. The fourth-order valence-corrected chi connectivity index (χ4v) is 15.4. The van der Waals surface area contributed by atoms with Crippen LogP contribution in [0.1, 0.15) is 176 Å². The zero-order valence-corrected chi connectivity index (χ0v) is 55.2. The van der Waals surface area contributed by atoms with Crippen LogP contribution in [0.5, 0.6) is 0 Å². The molecule has 16 heteroatoms. The molecular weight excluding hydrogens is 1160 g/mol. The van der Waals surface area contributed by atoms with Crippen molar-refractivity contribution in [2.24, 2.45) is 17.8 Å². The van der Waals surface area contributed by atoms with E-state index in [2.05, 4.69) is 44.0 Å². The lowest BCUT2D eigenvalue weighted by Crippen LogP contribution is -2.58. The number of unbranched alkanes of at least 4 members (excludes halogenated alkanes) is 5. The number of hydrogen-bond donors (Lipinski definition) is 6. The molecule has 93 heavy (non-hydrogen) atoms. The fraction of sp³-hybridized carbons (Fsp3) is 0.506. The molecule has 0 radical (unpaired) electrons. The standard InChI is InChI=1S/C77H100N8O8/c1-5-64(78-3)68(86)49-63-56(51-80-50-53-28-16-11-17-29-53)40-42-61-45-47-67(85(61)75(63)92)74(91)83-77(58-34-22-14-23-35-58,59-36-24-15-25-37-59)70(88)38-26-9-7-8-10-27-39-71(89)81-52-57-41-43-60-44-46-66(84(60)76(93)72(57)82-73(90)65(6-2)79-4)69(87)48-62(54-30-18-12-19-31-54)55-32-20-13-21-33-55/h11-25,28-37,56-57,60-67,72,78-80H,5-10,26-27,38-52H2,1-4H3,(H,81,89)(H,82,90)(H,83,91)/t56-,57-,60+,61+,63+,64+,65+,66+,67+,72+/m1/s1. The van der Waals surface area contributed by atoms with Crippen LogP contribution >= 0.6 is 0 Å². The Morgan fingerprint density at radius 1 is 0.538 bits per heavy atom. The Morgan fingerprint density at radius 3 is 1.59 bits per heavy atom. The Kier molecular flexibility index (Phi) is 25.8. The van der Waals surface area contributed by atoms with Crippen LogP contribution in [0.2, 0.25) is 0 Å². The number of fused-ring (bicyclic) bond motifs is 2. The molecule has 16 nitrogen and oxygen atoms in total. The van der Waals surface area contributed by atoms with Gasteiger partial charge in [0.05, 0.1) is 18.1 Å². The molecule has 10 atom stereocenters. The van der Waals surface area contributed by atoms with Gasteiger partial charge in [0, 0.05) is 68.6 Å². The Hall–Kier alpha value is -7.66. The summed E-state index contributed by atoms with van der Waals surface area (Å²) >= 11 is 0. The lowest BCUT2D eigenvalue weighted by atomic mass is 9.77. The number of nitrogens with one attached hydrogen (secondary N) is 6. The Morgan fingerprint density at radius 2 is 1.03 bits per heavy atom. The Bertz CT molecular complexity index is 3160. The number of rotatable bonds is 34. The van der Waals surface area contributed by atoms with E-state index in [0.717, 1.165) is 48.8 Å². The van der Waals surface area contributed by atoms with Crippen LogP contribution in [0.15, 0.2) is 152 Å². The zero-order valence-electron chi connectivity index (χ0n) is 55.2. The van der Waals surface area contributed by atoms with E-state index in [4.69, 9.17) is 0 Å². The molecule has 4 fully saturated rings. The highest BCUT2D eigenvalue weighted by molar-refractivity contribution is 6.00. The number of carbonyl (C=O) groups is 8. The highest BCUT2D eigenvalue weighted by atomic mass is 16.2. The highest BCUT2D eigenvalue weighted by Crippen LogP contribution is 2.41. The molecule has 4 saturated heterocycles. The van der Waals surface area contributed by atoms with E-state index >= 15 is 14.4 Å². The molecule has 6 N–H and O–H groups in total. The minimum absolute atomic E-state index is 0.00410. The van der Waals surface area contributed by atoms with Crippen molar-refractivity contribution in [2.75, 3.05) is 27.2 Å². The largest absolute Gasteiger partial charge is 0.356 e. The number of Topliss-reactive ketones (excluding diaryl/α,β-unsaturated/α-hetero) is 3. The van der Waals surface area contributed by atoms with Gasteiger partial charge >= 0.3 is 0 Å². The van der Waals surface area contributed by atoms with E-state index in [0.29, 0.717) is 101 Å². The van der Waals surface area contributed by atoms with Crippen molar-refractivity contribution in [2.45, 2.75) is 203 Å². The van der Waals surface area contributed by atoms with Gasteiger partial charge in [-0.3, -0.25) is 38.4 Å². The molecular formula is C77H100N8O8. The number of ketones is 3. The smallest absolute Gasteiger partial charge is 0.246 e. The normalized spacial score (nSPS) is 22.0. The van der Waals surface area contributed by atoms with Gasteiger partial charge in [0.1, 0.15) is 17.6 Å². The molecule has 0 saturated carbocycles. The molecule has 4 heterocycles. The number of amides is 5. The maximum Gasteiger partial charge on any atom is 0.246 e. The molecule has 0 unspecified atom stereocenters. The summed E-state index contributed by atoms with van der Waals surface area (Å²) in [5.41, 5.74) is 2.92. The van der Waals surface area contributed by atoms with Gasteiger partial charge in [-0.1, -0.05) is 191 Å². The van der Waals surface area contributed by atoms with Gasteiger partial charge in [-0.2, -0.15) is 0 Å². The van der Waals surface area contributed by atoms with Crippen molar-refractivity contribution in [3.63, 3.8) is 0 Å². The number of likely N-dealkylation sites (N-methyl/N-ethyl adjacent to an activating group) is 2. The van der Waals surface area contributed by atoms with Crippen molar-refractivity contribution >= 4 is 46.9 Å². The van der Waals surface area contributed by atoms with Crippen molar-refractivity contribution in [1.29, 1.82) is 0 Å². The first-order chi connectivity index (χ1) is 45.3. The van der Waals surface area contributed by atoms with E-state index in [1.807, 2.05) is 153 Å². The predicted octanol–water partition coefficient (Wildman–Crippen LogP) is 10.0. The summed E-state index contributed by atoms with van der Waals surface area (Å²) in [5.74, 6) is -2.69. The van der Waals surface area contributed by atoms with Gasteiger partial charge in [-0.25, -0.2) is 0 Å². The lowest BCUT2D eigenvalue weighted by molar-refractivity contribution is -0.146. The van der Waals surface area contributed by atoms with Gasteiger partial charge in [0.25, 0.3) is 0 Å². The molecule has 0 aliphatic carbocycles. The summed E-state index contributed by atoms with van der Waals surface area (Å²) in [5, 5.41) is 19.3. The fourth-order valence-electron chi connectivity index (χ4n) is 15.4. The Balaban J connectivity index is 0.799. The van der Waals surface area contributed by atoms with Crippen molar-refractivity contribution in [3.8, 4) is 0 Å². The highest BCUT2D eigenvalue weighted by Gasteiger charge is 2.52. The van der Waals surface area contributed by atoms with E-state index in [1.54, 1.807) is 23.9 Å². The average molecular weight is 1270 g/mol. The molecule has 496 valence electrons. The molecule has 4 aliphatic heterocycles. The topological polar surface area (TPSA) is 215 Å². The Labute approximate surface area is 551 Å². The summed E-state index contributed by atoms with van der Waals surface area (Å²) < 4.78 is 0. The van der Waals surface area contributed by atoms with Crippen molar-refractivity contribution in [1.82, 2.24) is 41.7 Å². The molecule has 0 spiro atoms. The second-order valence-corrected chi connectivity index (χ2v) is 26.4. The van der Waals surface area contributed by atoms with E-state index in [9.17, 15) is 24.0 Å². The third-order valence-corrected chi connectivity index (χ3v) is 20.6. The molecule has 9 rings (SSSR count). The van der Waals surface area contributed by atoms with Gasteiger partial charge in [-0.15, -0.1) is 0 Å². The maximum absolute atomic E-state index is 15.3. The third kappa shape index (κ3) is 17.4. The minimum Gasteiger partial charge on any atom is -0.356 e. The molecule has 5 aromatic rings. The van der Waals surface area contributed by atoms with E-state index in [1.165, 1.54) is 0 Å². The average Bonchev–Trinajstić information content (AvgIpc) is 1.73. The van der Waals surface area contributed by atoms with Crippen LogP contribution < -0.4 is 31.9 Å². The van der Waals surface area contributed by atoms with E-state index in [-0.39, 0.29) is 109 Å². The van der Waals surface area contributed by atoms with Gasteiger partial charge in [0.2, 0.25) is 29.5 Å². The number of benzene rings is 5. The van der Waals surface area contributed by atoms with Crippen LogP contribution in [0, 0.1) is 17.8 Å². The summed E-state index contributed by atoms with van der Waals surface area (Å²) in [6, 6.07) is 45.3. The number of hydrogen-bond acceptors (Lipinski definition) is 11.